The van der Waals surface area contributed by atoms with Crippen molar-refractivity contribution in [2.45, 2.75) is 69.7 Å². The summed E-state index contributed by atoms with van der Waals surface area (Å²) in [6.07, 6.45) is 2.78. The smallest absolute Gasteiger partial charge is 0.215 e. The summed E-state index contributed by atoms with van der Waals surface area (Å²) < 4.78 is 13.4. The van der Waals surface area contributed by atoms with Crippen LogP contribution in [0.3, 0.4) is 0 Å². The molecule has 0 radical (unpaired) electrons. The topological polar surface area (TPSA) is 63.4 Å². The van der Waals surface area contributed by atoms with Crippen LogP contribution in [0.5, 0.6) is 0 Å². The number of hydrogen-bond donors (Lipinski definition) is 1. The molecule has 0 aromatic heterocycles. The van der Waals surface area contributed by atoms with Gasteiger partial charge in [-0.2, -0.15) is 0 Å². The number of nitro groups is 1. The van der Waals surface area contributed by atoms with Crippen LogP contribution in [-0.4, -0.2) is 28.3 Å². The normalized spacial score (nSPS) is 34.0. The molecule has 0 aliphatic heterocycles. The number of rotatable bonds is 1. The Labute approximate surface area is 95.0 Å². The van der Waals surface area contributed by atoms with E-state index in [1.54, 1.807) is 0 Å². The van der Waals surface area contributed by atoms with Gasteiger partial charge in [0.05, 0.1) is 6.10 Å². The van der Waals surface area contributed by atoms with Gasteiger partial charge in [-0.05, 0) is 25.7 Å². The maximum absolute atomic E-state index is 13.4. The Hall–Kier alpha value is -0.710. The van der Waals surface area contributed by atoms with Crippen molar-refractivity contribution < 1.29 is 14.4 Å². The third kappa shape index (κ3) is 4.88. The number of halogens is 1. The van der Waals surface area contributed by atoms with Gasteiger partial charge < -0.3 is 5.11 Å². The van der Waals surface area contributed by atoms with Crippen molar-refractivity contribution in [3.8, 4) is 0 Å². The largest absolute Gasteiger partial charge is 0.393 e. The van der Waals surface area contributed by atoms with Crippen LogP contribution in [0.4, 0.5) is 4.39 Å². The Bertz CT molecular complexity index is 225. The number of aliphatic hydroxyl groups excluding tert-OH is 1. The summed E-state index contributed by atoms with van der Waals surface area (Å²) in [5, 5.41) is 20.3. The summed E-state index contributed by atoms with van der Waals surface area (Å²) >= 11 is 0. The molecule has 16 heavy (non-hydrogen) atoms. The molecule has 0 bridgehead atoms. The zero-order valence-electron chi connectivity index (χ0n) is 9.48. The van der Waals surface area contributed by atoms with Gasteiger partial charge >= 0.3 is 0 Å². The van der Waals surface area contributed by atoms with Crippen LogP contribution in [0.1, 0.15) is 51.4 Å². The molecule has 1 N–H and O–H groups in total. The highest BCUT2D eigenvalue weighted by Gasteiger charge is 2.25. The number of aliphatic hydroxyl groups is 1. The second-order valence-electron chi connectivity index (χ2n) is 4.64. The molecule has 94 valence electrons. The summed E-state index contributed by atoms with van der Waals surface area (Å²) in [5.74, 6) is 0. The van der Waals surface area contributed by atoms with Crippen molar-refractivity contribution in [2.75, 3.05) is 0 Å². The number of hydrogen-bond acceptors (Lipinski definition) is 3. The first kappa shape index (κ1) is 13.4. The Morgan fingerprint density at radius 2 is 1.75 bits per heavy atom. The zero-order valence-corrected chi connectivity index (χ0v) is 9.48. The lowest BCUT2D eigenvalue weighted by Gasteiger charge is -2.11. The average Bonchev–Trinajstić information content (AvgIpc) is 2.25. The Morgan fingerprint density at radius 1 is 1.12 bits per heavy atom. The Balaban J connectivity index is 2.50. The monoisotopic (exact) mass is 233 g/mol. The van der Waals surface area contributed by atoms with Gasteiger partial charge in [-0.25, -0.2) is 4.39 Å². The summed E-state index contributed by atoms with van der Waals surface area (Å²) in [5.41, 5.74) is 0. The lowest BCUT2D eigenvalue weighted by Crippen LogP contribution is -2.24. The zero-order chi connectivity index (χ0) is 12.0. The van der Waals surface area contributed by atoms with Gasteiger partial charge in [0.2, 0.25) is 6.04 Å². The van der Waals surface area contributed by atoms with E-state index in [0.717, 1.165) is 6.42 Å². The molecule has 1 rings (SSSR count). The van der Waals surface area contributed by atoms with Crippen molar-refractivity contribution in [2.24, 2.45) is 0 Å². The van der Waals surface area contributed by atoms with Crippen LogP contribution >= 0.6 is 0 Å². The third-order valence-corrected chi connectivity index (χ3v) is 3.21. The summed E-state index contributed by atoms with van der Waals surface area (Å²) in [4.78, 5) is 10.3. The third-order valence-electron chi connectivity index (χ3n) is 3.21. The average molecular weight is 233 g/mol. The lowest BCUT2D eigenvalue weighted by molar-refractivity contribution is -0.525. The number of nitrogens with zero attached hydrogens (tertiary/aromatic N) is 1. The minimum absolute atomic E-state index is 0.0308. The van der Waals surface area contributed by atoms with Crippen LogP contribution in [0.25, 0.3) is 0 Å². The van der Waals surface area contributed by atoms with Gasteiger partial charge in [0.25, 0.3) is 0 Å². The molecule has 1 fully saturated rings. The van der Waals surface area contributed by atoms with E-state index in [9.17, 15) is 19.6 Å². The van der Waals surface area contributed by atoms with Crippen LogP contribution in [0.15, 0.2) is 0 Å². The van der Waals surface area contributed by atoms with E-state index in [1.165, 1.54) is 0 Å². The van der Waals surface area contributed by atoms with Crippen LogP contribution in [-0.2, 0) is 0 Å². The fourth-order valence-corrected chi connectivity index (χ4v) is 2.20. The molecular weight excluding hydrogens is 213 g/mol. The Morgan fingerprint density at radius 3 is 2.44 bits per heavy atom. The van der Waals surface area contributed by atoms with Crippen molar-refractivity contribution in [1.29, 1.82) is 0 Å². The van der Waals surface area contributed by atoms with E-state index in [4.69, 9.17) is 0 Å². The molecule has 0 heterocycles. The molecule has 4 nitrogen and oxygen atoms in total. The highest BCUT2D eigenvalue weighted by molar-refractivity contribution is 4.69. The van der Waals surface area contributed by atoms with Crippen molar-refractivity contribution >= 4 is 0 Å². The van der Waals surface area contributed by atoms with Gasteiger partial charge in [-0.3, -0.25) is 10.1 Å². The quantitative estimate of drug-likeness (QED) is 0.559. The molecule has 3 unspecified atom stereocenters. The molecule has 0 amide bonds. The van der Waals surface area contributed by atoms with Gasteiger partial charge in [-0.1, -0.05) is 12.8 Å². The van der Waals surface area contributed by atoms with Crippen LogP contribution < -0.4 is 0 Å². The van der Waals surface area contributed by atoms with Crippen molar-refractivity contribution in [1.82, 2.24) is 0 Å². The van der Waals surface area contributed by atoms with Gasteiger partial charge in [0, 0.05) is 17.8 Å². The SMILES string of the molecule is O=[N+]([O-])C1CCCC(O)CCCCC(F)C1. The maximum Gasteiger partial charge on any atom is 0.215 e. The first-order valence-corrected chi connectivity index (χ1v) is 6.05. The first-order valence-electron chi connectivity index (χ1n) is 6.05. The summed E-state index contributed by atoms with van der Waals surface area (Å²) in [7, 11) is 0. The highest BCUT2D eigenvalue weighted by Crippen LogP contribution is 2.20. The second-order valence-corrected chi connectivity index (χ2v) is 4.64. The number of alkyl halides is 1. The molecule has 5 heteroatoms. The standard InChI is InChI=1S/C11H20FNO3/c12-9-4-1-2-6-11(14)7-3-5-10(8-9)13(15)16/h9-11,14H,1-8H2. The first-order chi connectivity index (χ1) is 7.59. The van der Waals surface area contributed by atoms with Gasteiger partial charge in [-0.15, -0.1) is 0 Å². The molecule has 0 saturated heterocycles. The van der Waals surface area contributed by atoms with Crippen molar-refractivity contribution in [3.05, 3.63) is 10.1 Å². The second kappa shape index (κ2) is 6.78. The van der Waals surface area contributed by atoms with Gasteiger partial charge in [0.15, 0.2) is 0 Å². The molecule has 1 aliphatic rings. The predicted octanol–water partition coefficient (Wildman–Crippen LogP) is 2.47. The Kier molecular flexibility index (Phi) is 5.66. The molecule has 0 spiro atoms. The minimum Gasteiger partial charge on any atom is -0.393 e. The molecular formula is C11H20FNO3. The molecule has 0 aromatic rings. The highest BCUT2D eigenvalue weighted by atomic mass is 19.1. The fourth-order valence-electron chi connectivity index (χ4n) is 2.20. The maximum atomic E-state index is 13.4. The minimum atomic E-state index is -1.06. The van der Waals surface area contributed by atoms with E-state index in [0.29, 0.717) is 38.5 Å². The van der Waals surface area contributed by atoms with E-state index in [2.05, 4.69) is 0 Å². The van der Waals surface area contributed by atoms with Crippen LogP contribution in [0.2, 0.25) is 0 Å². The fraction of sp³-hybridized carbons (Fsp3) is 1.00. The van der Waals surface area contributed by atoms with E-state index in [1.807, 2.05) is 0 Å². The van der Waals surface area contributed by atoms with E-state index in [-0.39, 0.29) is 17.4 Å². The lowest BCUT2D eigenvalue weighted by atomic mass is 10.0. The molecule has 1 saturated carbocycles. The van der Waals surface area contributed by atoms with Crippen LogP contribution in [0, 0.1) is 10.1 Å². The summed E-state index contributed by atoms with van der Waals surface area (Å²) in [6.45, 7) is 0. The van der Waals surface area contributed by atoms with E-state index < -0.39 is 12.2 Å². The molecule has 1 aliphatic carbocycles. The predicted molar refractivity (Wildman–Crippen MR) is 58.6 cm³/mol. The molecule has 3 atom stereocenters. The van der Waals surface area contributed by atoms with Gasteiger partial charge in [0.1, 0.15) is 6.17 Å². The molecule has 0 aromatic carbocycles. The summed E-state index contributed by atoms with van der Waals surface area (Å²) in [6, 6.07) is -0.778. The van der Waals surface area contributed by atoms with E-state index >= 15 is 0 Å². The van der Waals surface area contributed by atoms with Crippen molar-refractivity contribution in [3.63, 3.8) is 0 Å².